The van der Waals surface area contributed by atoms with Gasteiger partial charge in [-0.15, -0.1) is 0 Å². The van der Waals surface area contributed by atoms with E-state index in [1.54, 1.807) is 35.1 Å². The molecule has 0 aliphatic carbocycles. The van der Waals surface area contributed by atoms with Crippen molar-refractivity contribution < 1.29 is 14.3 Å². The van der Waals surface area contributed by atoms with Crippen molar-refractivity contribution in [1.82, 2.24) is 9.78 Å². The first-order valence-corrected chi connectivity index (χ1v) is 6.25. The van der Waals surface area contributed by atoms with Crippen LogP contribution in [0.5, 0.6) is 11.5 Å². The lowest BCUT2D eigenvalue weighted by molar-refractivity contribution is 0.102. The van der Waals surface area contributed by atoms with Gasteiger partial charge in [-0.1, -0.05) is 0 Å². The van der Waals surface area contributed by atoms with E-state index in [0.29, 0.717) is 42.5 Å². The number of hydrogen-bond acceptors (Lipinski definition) is 4. The first-order chi connectivity index (χ1) is 9.29. The second-order valence-corrected chi connectivity index (χ2v) is 4.22. The van der Waals surface area contributed by atoms with Crippen LogP contribution in [-0.2, 0) is 6.54 Å². The van der Waals surface area contributed by atoms with Crippen LogP contribution in [0.1, 0.15) is 23.0 Å². The van der Waals surface area contributed by atoms with E-state index in [2.05, 4.69) is 5.10 Å². The number of hydrogen-bond donors (Lipinski definition) is 0. The lowest BCUT2D eigenvalue weighted by Gasteiger charge is -2.18. The van der Waals surface area contributed by atoms with Gasteiger partial charge in [0.1, 0.15) is 18.9 Å². The molecule has 0 fully saturated rings. The fourth-order valence-corrected chi connectivity index (χ4v) is 2.11. The lowest BCUT2D eigenvalue weighted by atomic mass is 10.1. The Hall–Kier alpha value is -2.30. The fraction of sp³-hybridized carbons (Fsp3) is 0.286. The zero-order chi connectivity index (χ0) is 13.2. The quantitative estimate of drug-likeness (QED) is 0.789. The molecule has 0 spiro atoms. The average molecular weight is 258 g/mol. The van der Waals surface area contributed by atoms with E-state index in [1.807, 2.05) is 6.92 Å². The van der Waals surface area contributed by atoms with Gasteiger partial charge in [-0.25, -0.2) is 0 Å². The second-order valence-electron chi connectivity index (χ2n) is 4.22. The van der Waals surface area contributed by atoms with Gasteiger partial charge in [-0.05, 0) is 31.2 Å². The monoisotopic (exact) mass is 258 g/mol. The van der Waals surface area contributed by atoms with Crippen LogP contribution in [0.25, 0.3) is 0 Å². The Kier molecular flexibility index (Phi) is 2.95. The van der Waals surface area contributed by atoms with Gasteiger partial charge in [0.2, 0.25) is 5.78 Å². The van der Waals surface area contributed by atoms with Gasteiger partial charge < -0.3 is 9.47 Å². The molecule has 0 atom stereocenters. The molecule has 1 aliphatic rings. The van der Waals surface area contributed by atoms with Crippen molar-refractivity contribution >= 4 is 5.78 Å². The summed E-state index contributed by atoms with van der Waals surface area (Å²) in [6, 6.07) is 6.98. The van der Waals surface area contributed by atoms with Crippen molar-refractivity contribution in [2.24, 2.45) is 0 Å². The summed E-state index contributed by atoms with van der Waals surface area (Å²) in [5.41, 5.74) is 1.17. The number of aromatic nitrogens is 2. The molecule has 0 radical (unpaired) electrons. The van der Waals surface area contributed by atoms with Gasteiger partial charge in [0, 0.05) is 18.3 Å². The van der Waals surface area contributed by atoms with Crippen LogP contribution in [0, 0.1) is 0 Å². The third-order valence-corrected chi connectivity index (χ3v) is 3.05. The fourth-order valence-electron chi connectivity index (χ4n) is 2.11. The first kappa shape index (κ1) is 11.8. The molecule has 0 unspecified atom stereocenters. The summed E-state index contributed by atoms with van der Waals surface area (Å²) >= 11 is 0. The molecule has 1 aromatic carbocycles. The molecule has 5 heteroatoms. The Morgan fingerprint density at radius 3 is 2.84 bits per heavy atom. The SMILES string of the molecule is CCn1nccc1C(=O)c1ccc2c(c1)OCCO2. The minimum atomic E-state index is -0.0590. The highest BCUT2D eigenvalue weighted by Gasteiger charge is 2.18. The number of ketones is 1. The molecule has 0 bridgehead atoms. The molecule has 1 aromatic heterocycles. The van der Waals surface area contributed by atoms with Gasteiger partial charge in [-0.2, -0.15) is 5.10 Å². The Morgan fingerprint density at radius 2 is 2.05 bits per heavy atom. The number of ether oxygens (including phenoxy) is 2. The summed E-state index contributed by atoms with van der Waals surface area (Å²) in [5, 5.41) is 4.11. The van der Waals surface area contributed by atoms with E-state index in [-0.39, 0.29) is 5.78 Å². The molecule has 2 aromatic rings. The number of carbonyl (C=O) groups excluding carboxylic acids is 1. The predicted octanol–water partition coefficient (Wildman–Crippen LogP) is 1.91. The third kappa shape index (κ3) is 2.07. The van der Waals surface area contributed by atoms with E-state index >= 15 is 0 Å². The van der Waals surface area contributed by atoms with Crippen molar-refractivity contribution in [1.29, 1.82) is 0 Å². The molecule has 0 amide bonds. The lowest BCUT2D eigenvalue weighted by Crippen LogP contribution is -2.16. The highest BCUT2D eigenvalue weighted by atomic mass is 16.6. The van der Waals surface area contributed by atoms with Gasteiger partial charge in [0.25, 0.3) is 0 Å². The summed E-state index contributed by atoms with van der Waals surface area (Å²) in [7, 11) is 0. The Bertz CT molecular complexity index is 619. The Balaban J connectivity index is 1.96. The summed E-state index contributed by atoms with van der Waals surface area (Å²) in [6.07, 6.45) is 1.63. The smallest absolute Gasteiger partial charge is 0.211 e. The maximum absolute atomic E-state index is 12.4. The van der Waals surface area contributed by atoms with Crippen LogP contribution >= 0.6 is 0 Å². The first-order valence-electron chi connectivity index (χ1n) is 6.25. The van der Waals surface area contributed by atoms with E-state index in [4.69, 9.17) is 9.47 Å². The maximum atomic E-state index is 12.4. The molecule has 19 heavy (non-hydrogen) atoms. The van der Waals surface area contributed by atoms with E-state index < -0.39 is 0 Å². The van der Waals surface area contributed by atoms with Crippen LogP contribution in [0.3, 0.4) is 0 Å². The molecule has 1 aliphatic heterocycles. The van der Waals surface area contributed by atoms with E-state index in [0.717, 1.165) is 0 Å². The van der Waals surface area contributed by atoms with Crippen LogP contribution in [0.4, 0.5) is 0 Å². The van der Waals surface area contributed by atoms with Crippen LogP contribution in [0.2, 0.25) is 0 Å². The highest BCUT2D eigenvalue weighted by Crippen LogP contribution is 2.31. The van der Waals surface area contributed by atoms with Gasteiger partial charge in [0.15, 0.2) is 11.5 Å². The van der Waals surface area contributed by atoms with E-state index in [9.17, 15) is 4.79 Å². The van der Waals surface area contributed by atoms with Gasteiger partial charge >= 0.3 is 0 Å². The number of fused-ring (bicyclic) bond motifs is 1. The standard InChI is InChI=1S/C14H14N2O3/c1-2-16-11(5-6-15-16)14(17)10-3-4-12-13(9-10)19-8-7-18-12/h3-6,9H,2,7-8H2,1H3. The zero-order valence-corrected chi connectivity index (χ0v) is 10.6. The van der Waals surface area contributed by atoms with Crippen molar-refractivity contribution in [3.05, 3.63) is 41.7 Å². The Labute approximate surface area is 110 Å². The molecule has 0 saturated carbocycles. The molecule has 98 valence electrons. The van der Waals surface area contributed by atoms with Gasteiger partial charge in [-0.3, -0.25) is 9.48 Å². The molecule has 2 heterocycles. The van der Waals surface area contributed by atoms with Crippen molar-refractivity contribution in [3.8, 4) is 11.5 Å². The van der Waals surface area contributed by atoms with Crippen molar-refractivity contribution in [2.45, 2.75) is 13.5 Å². The minimum Gasteiger partial charge on any atom is -0.486 e. The number of rotatable bonds is 3. The van der Waals surface area contributed by atoms with E-state index in [1.165, 1.54) is 0 Å². The minimum absolute atomic E-state index is 0.0590. The molecular weight excluding hydrogens is 244 g/mol. The zero-order valence-electron chi connectivity index (χ0n) is 10.6. The Morgan fingerprint density at radius 1 is 1.26 bits per heavy atom. The second kappa shape index (κ2) is 4.76. The highest BCUT2D eigenvalue weighted by molar-refractivity contribution is 6.08. The summed E-state index contributed by atoms with van der Waals surface area (Å²) in [5.74, 6) is 1.25. The number of benzene rings is 1. The maximum Gasteiger partial charge on any atom is 0.211 e. The topological polar surface area (TPSA) is 53.4 Å². The molecule has 5 nitrogen and oxygen atoms in total. The van der Waals surface area contributed by atoms with Crippen LogP contribution in [-0.4, -0.2) is 28.8 Å². The van der Waals surface area contributed by atoms with Crippen LogP contribution in [0.15, 0.2) is 30.5 Å². The number of nitrogens with zero attached hydrogens (tertiary/aromatic N) is 2. The molecular formula is C14H14N2O3. The van der Waals surface area contributed by atoms with Gasteiger partial charge in [0.05, 0.1) is 0 Å². The number of carbonyl (C=O) groups is 1. The third-order valence-electron chi connectivity index (χ3n) is 3.05. The van der Waals surface area contributed by atoms with Crippen molar-refractivity contribution in [3.63, 3.8) is 0 Å². The normalized spacial score (nSPS) is 13.3. The predicted molar refractivity (Wildman–Crippen MR) is 68.8 cm³/mol. The van der Waals surface area contributed by atoms with Crippen molar-refractivity contribution in [2.75, 3.05) is 13.2 Å². The molecule has 3 rings (SSSR count). The number of aryl methyl sites for hydroxylation is 1. The largest absolute Gasteiger partial charge is 0.486 e. The summed E-state index contributed by atoms with van der Waals surface area (Å²) in [4.78, 5) is 12.4. The molecule has 0 N–H and O–H groups in total. The average Bonchev–Trinajstić information content (AvgIpc) is 2.94. The van der Waals surface area contributed by atoms with Crippen LogP contribution < -0.4 is 9.47 Å². The summed E-state index contributed by atoms with van der Waals surface area (Å²) in [6.45, 7) is 3.67. The summed E-state index contributed by atoms with van der Waals surface area (Å²) < 4.78 is 12.6. The molecule has 0 saturated heterocycles.